The molecule has 82 valence electrons. The highest BCUT2D eigenvalue weighted by molar-refractivity contribution is 5.85. The van der Waals surface area contributed by atoms with Crippen LogP contribution in [-0.2, 0) is 0 Å². The third-order valence-electron chi connectivity index (χ3n) is 2.24. The van der Waals surface area contributed by atoms with Gasteiger partial charge in [0.2, 0.25) is 5.92 Å². The molecule has 0 aromatic heterocycles. The van der Waals surface area contributed by atoms with Gasteiger partial charge in [-0.05, 0) is 18.8 Å². The summed E-state index contributed by atoms with van der Waals surface area (Å²) in [6.07, 6.45) is 1.24. The van der Waals surface area contributed by atoms with Crippen LogP contribution in [0.15, 0.2) is 0 Å². The van der Waals surface area contributed by atoms with Gasteiger partial charge in [-0.15, -0.1) is 24.8 Å². The first kappa shape index (κ1) is 15.8. The molecule has 1 fully saturated rings. The summed E-state index contributed by atoms with van der Waals surface area (Å²) in [5.74, 6) is 3.02. The van der Waals surface area contributed by atoms with E-state index in [2.05, 4.69) is 5.43 Å². The Balaban J connectivity index is 0. The van der Waals surface area contributed by atoms with Crippen LogP contribution < -0.4 is 11.3 Å². The average molecular weight is 237 g/mol. The second-order valence-electron chi connectivity index (χ2n) is 3.21. The van der Waals surface area contributed by atoms with Gasteiger partial charge in [0, 0.05) is 19.4 Å². The van der Waals surface area contributed by atoms with Crippen molar-refractivity contribution in [2.45, 2.75) is 31.6 Å². The normalized spacial score (nSPS) is 21.5. The Bertz CT molecular complexity index is 126. The van der Waals surface area contributed by atoms with Crippen LogP contribution in [0.3, 0.4) is 0 Å². The highest BCUT2D eigenvalue weighted by Gasteiger charge is 2.34. The minimum absolute atomic E-state index is 0. The van der Waals surface area contributed by atoms with E-state index in [0.717, 1.165) is 0 Å². The number of hydrogen-bond donors (Lipinski definition) is 2. The van der Waals surface area contributed by atoms with Crippen molar-refractivity contribution in [3.8, 4) is 0 Å². The molecule has 0 atom stereocenters. The Morgan fingerprint density at radius 2 is 1.69 bits per heavy atom. The lowest BCUT2D eigenvalue weighted by Gasteiger charge is -2.27. The molecule has 2 nitrogen and oxygen atoms in total. The van der Waals surface area contributed by atoms with E-state index in [4.69, 9.17) is 5.84 Å². The van der Waals surface area contributed by atoms with E-state index >= 15 is 0 Å². The van der Waals surface area contributed by atoms with Gasteiger partial charge in [0.15, 0.2) is 0 Å². The van der Waals surface area contributed by atoms with Crippen molar-refractivity contribution in [2.24, 2.45) is 11.8 Å². The maximum atomic E-state index is 12.6. The Morgan fingerprint density at radius 3 is 2.08 bits per heavy atom. The molecule has 0 bridgehead atoms. The molecule has 3 N–H and O–H groups in total. The summed E-state index contributed by atoms with van der Waals surface area (Å²) in [6.45, 7) is 0.663. The van der Waals surface area contributed by atoms with E-state index in [0.29, 0.717) is 25.3 Å². The van der Waals surface area contributed by atoms with Gasteiger partial charge >= 0.3 is 0 Å². The summed E-state index contributed by atoms with van der Waals surface area (Å²) >= 11 is 0. The molecule has 1 saturated carbocycles. The van der Waals surface area contributed by atoms with Gasteiger partial charge in [0.1, 0.15) is 0 Å². The van der Waals surface area contributed by atoms with Crippen molar-refractivity contribution in [2.75, 3.05) is 6.54 Å². The van der Waals surface area contributed by atoms with E-state index in [-0.39, 0.29) is 37.7 Å². The van der Waals surface area contributed by atoms with Gasteiger partial charge in [0.25, 0.3) is 0 Å². The Labute approximate surface area is 89.4 Å². The van der Waals surface area contributed by atoms with E-state index in [1.54, 1.807) is 0 Å². The summed E-state index contributed by atoms with van der Waals surface area (Å²) < 4.78 is 25.1. The standard InChI is InChI=1S/C7H14F2N2.2ClH/c8-7(9)3-1-6(2-4-7)5-11-10;;/h6,11H,1-5,10H2;2*1H. The molecule has 1 aliphatic carbocycles. The average Bonchev–Trinajstić information content (AvgIpc) is 1.94. The fourth-order valence-electron chi connectivity index (χ4n) is 1.47. The zero-order chi connectivity index (χ0) is 8.32. The van der Waals surface area contributed by atoms with E-state index in [1.165, 1.54) is 0 Å². The van der Waals surface area contributed by atoms with Crippen molar-refractivity contribution < 1.29 is 8.78 Å². The lowest BCUT2D eigenvalue weighted by molar-refractivity contribution is -0.0454. The molecule has 0 saturated heterocycles. The van der Waals surface area contributed by atoms with Crippen LogP contribution in [0.4, 0.5) is 8.78 Å². The van der Waals surface area contributed by atoms with E-state index in [9.17, 15) is 8.78 Å². The Hall–Kier alpha value is 0.360. The number of halogens is 4. The molecular formula is C7H16Cl2F2N2. The van der Waals surface area contributed by atoms with Crippen LogP contribution in [0.1, 0.15) is 25.7 Å². The van der Waals surface area contributed by atoms with Crippen LogP contribution >= 0.6 is 24.8 Å². The lowest BCUT2D eigenvalue weighted by atomic mass is 9.87. The topological polar surface area (TPSA) is 38.0 Å². The SMILES string of the molecule is Cl.Cl.NNCC1CCC(F)(F)CC1. The van der Waals surface area contributed by atoms with Crippen LogP contribution in [-0.4, -0.2) is 12.5 Å². The molecule has 0 aromatic rings. The second kappa shape index (κ2) is 6.76. The predicted molar refractivity (Wildman–Crippen MR) is 53.6 cm³/mol. The fourth-order valence-corrected chi connectivity index (χ4v) is 1.47. The molecule has 1 aliphatic rings. The first-order valence-corrected chi connectivity index (χ1v) is 3.95. The first-order chi connectivity index (χ1) is 5.14. The summed E-state index contributed by atoms with van der Waals surface area (Å²) in [5, 5.41) is 0. The third kappa shape index (κ3) is 5.62. The zero-order valence-electron chi connectivity index (χ0n) is 7.26. The van der Waals surface area contributed by atoms with Crippen LogP contribution in [0.25, 0.3) is 0 Å². The van der Waals surface area contributed by atoms with Crippen molar-refractivity contribution in [3.63, 3.8) is 0 Å². The molecule has 6 heteroatoms. The maximum Gasteiger partial charge on any atom is 0.248 e. The number of hydrazine groups is 1. The Kier molecular flexibility index (Phi) is 8.23. The third-order valence-corrected chi connectivity index (χ3v) is 2.24. The number of rotatable bonds is 2. The van der Waals surface area contributed by atoms with Crippen LogP contribution in [0.5, 0.6) is 0 Å². The maximum absolute atomic E-state index is 12.6. The number of alkyl halides is 2. The molecule has 0 unspecified atom stereocenters. The van der Waals surface area contributed by atoms with Crippen molar-refractivity contribution >= 4 is 24.8 Å². The van der Waals surface area contributed by atoms with Gasteiger partial charge in [-0.25, -0.2) is 8.78 Å². The van der Waals surface area contributed by atoms with E-state index in [1.807, 2.05) is 0 Å². The fraction of sp³-hybridized carbons (Fsp3) is 1.00. The number of nitrogens with one attached hydrogen (secondary N) is 1. The van der Waals surface area contributed by atoms with Crippen molar-refractivity contribution in [1.82, 2.24) is 5.43 Å². The zero-order valence-corrected chi connectivity index (χ0v) is 8.90. The summed E-state index contributed by atoms with van der Waals surface area (Å²) in [5.41, 5.74) is 2.52. The van der Waals surface area contributed by atoms with Gasteiger partial charge < -0.3 is 0 Å². The lowest BCUT2D eigenvalue weighted by Crippen LogP contribution is -2.33. The number of hydrogen-bond acceptors (Lipinski definition) is 2. The molecule has 1 rings (SSSR count). The van der Waals surface area contributed by atoms with Gasteiger partial charge in [-0.3, -0.25) is 11.3 Å². The molecular weight excluding hydrogens is 221 g/mol. The number of nitrogens with two attached hydrogens (primary N) is 1. The van der Waals surface area contributed by atoms with Gasteiger partial charge in [-0.2, -0.15) is 0 Å². The van der Waals surface area contributed by atoms with E-state index < -0.39 is 5.92 Å². The monoisotopic (exact) mass is 236 g/mol. The highest BCUT2D eigenvalue weighted by atomic mass is 35.5. The van der Waals surface area contributed by atoms with Gasteiger partial charge in [0.05, 0.1) is 0 Å². The molecule has 13 heavy (non-hydrogen) atoms. The summed E-state index contributed by atoms with van der Waals surface area (Å²) in [6, 6.07) is 0. The van der Waals surface area contributed by atoms with Crippen LogP contribution in [0.2, 0.25) is 0 Å². The molecule has 0 heterocycles. The highest BCUT2D eigenvalue weighted by Crippen LogP contribution is 2.35. The molecule has 0 spiro atoms. The molecule has 0 aliphatic heterocycles. The Morgan fingerprint density at radius 1 is 1.23 bits per heavy atom. The van der Waals surface area contributed by atoms with Crippen LogP contribution in [0, 0.1) is 5.92 Å². The molecule has 0 aromatic carbocycles. The smallest absolute Gasteiger partial charge is 0.248 e. The first-order valence-electron chi connectivity index (χ1n) is 3.95. The molecule has 0 amide bonds. The molecule has 0 radical (unpaired) electrons. The van der Waals surface area contributed by atoms with Crippen molar-refractivity contribution in [3.05, 3.63) is 0 Å². The van der Waals surface area contributed by atoms with Crippen molar-refractivity contribution in [1.29, 1.82) is 0 Å². The minimum atomic E-state index is -2.41. The largest absolute Gasteiger partial charge is 0.271 e. The second-order valence-corrected chi connectivity index (χ2v) is 3.21. The minimum Gasteiger partial charge on any atom is -0.271 e. The summed E-state index contributed by atoms with van der Waals surface area (Å²) in [4.78, 5) is 0. The predicted octanol–water partition coefficient (Wildman–Crippen LogP) is 2.12. The quantitative estimate of drug-likeness (QED) is 0.570. The van der Waals surface area contributed by atoms with Gasteiger partial charge in [-0.1, -0.05) is 0 Å². The summed E-state index contributed by atoms with van der Waals surface area (Å²) in [7, 11) is 0.